The molecule has 2 amide bonds. The molecule has 0 aromatic heterocycles. The lowest BCUT2D eigenvalue weighted by Gasteiger charge is -2.11. The van der Waals surface area contributed by atoms with Gasteiger partial charge < -0.3 is 9.47 Å². The molecular formula is C20H24N2O4. The zero-order valence-electron chi connectivity index (χ0n) is 15.2. The first-order valence-corrected chi connectivity index (χ1v) is 8.46. The van der Waals surface area contributed by atoms with Gasteiger partial charge in [0.2, 0.25) is 0 Å². The second-order valence-corrected chi connectivity index (χ2v) is 6.29. The number of aryl methyl sites for hydroxylation is 1. The second-order valence-electron chi connectivity index (χ2n) is 6.29. The maximum atomic E-state index is 12.1. The summed E-state index contributed by atoms with van der Waals surface area (Å²) >= 11 is 0. The lowest BCUT2D eigenvalue weighted by Crippen LogP contribution is -2.43. The minimum atomic E-state index is -0.450. The molecule has 0 saturated carbocycles. The molecule has 0 aliphatic heterocycles. The van der Waals surface area contributed by atoms with Crippen molar-refractivity contribution in [3.05, 3.63) is 59.7 Å². The van der Waals surface area contributed by atoms with E-state index in [0.717, 1.165) is 5.56 Å². The maximum Gasteiger partial charge on any atom is 0.276 e. The molecule has 0 heterocycles. The third-order valence-corrected chi connectivity index (χ3v) is 3.45. The molecule has 0 radical (unpaired) electrons. The zero-order valence-corrected chi connectivity index (χ0v) is 15.2. The highest BCUT2D eigenvalue weighted by atomic mass is 16.5. The molecule has 2 N–H and O–H groups in total. The van der Waals surface area contributed by atoms with E-state index in [2.05, 4.69) is 10.9 Å². The van der Waals surface area contributed by atoms with Crippen LogP contribution in [0.3, 0.4) is 0 Å². The van der Waals surface area contributed by atoms with Gasteiger partial charge in [-0.3, -0.25) is 20.4 Å². The van der Waals surface area contributed by atoms with Gasteiger partial charge in [0, 0.05) is 5.56 Å². The summed E-state index contributed by atoms with van der Waals surface area (Å²) in [6, 6.07) is 14.2. The topological polar surface area (TPSA) is 76.7 Å². The summed E-state index contributed by atoms with van der Waals surface area (Å²) < 4.78 is 11.0. The molecule has 0 fully saturated rings. The van der Waals surface area contributed by atoms with Gasteiger partial charge in [0.1, 0.15) is 11.5 Å². The molecular weight excluding hydrogens is 332 g/mol. The van der Waals surface area contributed by atoms with Gasteiger partial charge in [-0.25, -0.2) is 0 Å². The van der Waals surface area contributed by atoms with Crippen molar-refractivity contribution in [1.29, 1.82) is 0 Å². The van der Waals surface area contributed by atoms with Crippen LogP contribution >= 0.6 is 0 Å². The number of benzene rings is 2. The van der Waals surface area contributed by atoms with Crippen molar-refractivity contribution < 1.29 is 19.1 Å². The summed E-state index contributed by atoms with van der Waals surface area (Å²) in [7, 11) is 0. The van der Waals surface area contributed by atoms with Crippen LogP contribution in [0.25, 0.3) is 0 Å². The molecule has 6 nitrogen and oxygen atoms in total. The number of rotatable bonds is 7. The van der Waals surface area contributed by atoms with E-state index in [4.69, 9.17) is 9.47 Å². The summed E-state index contributed by atoms with van der Waals surface area (Å²) in [5.74, 6) is 0.752. The van der Waals surface area contributed by atoms with Crippen molar-refractivity contribution in [2.45, 2.75) is 20.8 Å². The highest BCUT2D eigenvalue weighted by Gasteiger charge is 2.10. The highest BCUT2D eigenvalue weighted by molar-refractivity contribution is 5.95. The Labute approximate surface area is 153 Å². The van der Waals surface area contributed by atoms with Crippen LogP contribution in [-0.2, 0) is 4.79 Å². The van der Waals surface area contributed by atoms with Crippen LogP contribution in [0, 0.1) is 12.8 Å². The van der Waals surface area contributed by atoms with Crippen LogP contribution in [0.15, 0.2) is 48.5 Å². The van der Waals surface area contributed by atoms with E-state index < -0.39 is 11.8 Å². The number of hydrogen-bond donors (Lipinski definition) is 2. The third kappa shape index (κ3) is 6.12. The summed E-state index contributed by atoms with van der Waals surface area (Å²) in [6.07, 6.45) is 0. The Morgan fingerprint density at radius 1 is 1.00 bits per heavy atom. The molecule has 26 heavy (non-hydrogen) atoms. The Hall–Kier alpha value is -3.02. The number of carbonyl (C=O) groups excluding carboxylic acids is 2. The number of para-hydroxylation sites is 1. The third-order valence-electron chi connectivity index (χ3n) is 3.45. The summed E-state index contributed by atoms with van der Waals surface area (Å²) in [5.41, 5.74) is 6.03. The van der Waals surface area contributed by atoms with E-state index in [-0.39, 0.29) is 6.61 Å². The maximum absolute atomic E-state index is 12.1. The molecule has 2 aromatic rings. The first-order chi connectivity index (χ1) is 12.5. The van der Waals surface area contributed by atoms with Crippen LogP contribution in [0.1, 0.15) is 29.8 Å². The number of hydrazine groups is 1. The normalized spacial score (nSPS) is 10.3. The second kappa shape index (κ2) is 9.46. The van der Waals surface area contributed by atoms with Crippen molar-refractivity contribution >= 4 is 11.8 Å². The number of ether oxygens (including phenoxy) is 2. The van der Waals surface area contributed by atoms with E-state index in [0.29, 0.717) is 29.6 Å². The Bertz CT molecular complexity index is 759. The summed E-state index contributed by atoms with van der Waals surface area (Å²) in [6.45, 7) is 6.36. The van der Waals surface area contributed by atoms with Crippen molar-refractivity contribution in [2.75, 3.05) is 13.2 Å². The van der Waals surface area contributed by atoms with Crippen molar-refractivity contribution in [1.82, 2.24) is 10.9 Å². The van der Waals surface area contributed by atoms with Gasteiger partial charge in [0.05, 0.1) is 6.61 Å². The van der Waals surface area contributed by atoms with Crippen LogP contribution in [-0.4, -0.2) is 25.0 Å². The minimum absolute atomic E-state index is 0.192. The van der Waals surface area contributed by atoms with E-state index in [1.54, 1.807) is 30.3 Å². The van der Waals surface area contributed by atoms with Crippen molar-refractivity contribution in [3.8, 4) is 11.5 Å². The van der Waals surface area contributed by atoms with Gasteiger partial charge in [-0.15, -0.1) is 0 Å². The largest absolute Gasteiger partial charge is 0.493 e. The van der Waals surface area contributed by atoms with E-state index >= 15 is 0 Å². The van der Waals surface area contributed by atoms with Gasteiger partial charge in [0.15, 0.2) is 6.61 Å². The fraction of sp³-hybridized carbons (Fsp3) is 0.300. The smallest absolute Gasteiger partial charge is 0.276 e. The van der Waals surface area contributed by atoms with Crippen molar-refractivity contribution in [2.24, 2.45) is 5.92 Å². The fourth-order valence-electron chi connectivity index (χ4n) is 2.09. The summed E-state index contributed by atoms with van der Waals surface area (Å²) in [5, 5.41) is 0. The van der Waals surface area contributed by atoms with Gasteiger partial charge in [-0.2, -0.15) is 0 Å². The highest BCUT2D eigenvalue weighted by Crippen LogP contribution is 2.16. The van der Waals surface area contributed by atoms with Gasteiger partial charge >= 0.3 is 0 Å². The van der Waals surface area contributed by atoms with Gasteiger partial charge in [-0.1, -0.05) is 38.1 Å². The Morgan fingerprint density at radius 3 is 2.50 bits per heavy atom. The van der Waals surface area contributed by atoms with Crippen LogP contribution in [0.2, 0.25) is 0 Å². The predicted molar refractivity (Wildman–Crippen MR) is 99.1 cm³/mol. The first-order valence-electron chi connectivity index (χ1n) is 8.46. The van der Waals surface area contributed by atoms with Crippen molar-refractivity contribution in [3.63, 3.8) is 0 Å². The molecule has 0 saturated heterocycles. The number of nitrogens with one attached hydrogen (secondary N) is 2. The molecule has 2 rings (SSSR count). The summed E-state index contributed by atoms with van der Waals surface area (Å²) in [4.78, 5) is 24.0. The SMILES string of the molecule is Cc1ccccc1OCC(=O)NNC(=O)c1cccc(OCC(C)C)c1. The molecule has 138 valence electrons. The lowest BCUT2D eigenvalue weighted by atomic mass is 10.2. The molecule has 0 spiro atoms. The van der Waals surface area contributed by atoms with Gasteiger partial charge in [-0.05, 0) is 42.7 Å². The minimum Gasteiger partial charge on any atom is -0.493 e. The molecule has 0 aliphatic carbocycles. The van der Waals surface area contributed by atoms with E-state index in [1.165, 1.54) is 0 Å². The fourth-order valence-corrected chi connectivity index (χ4v) is 2.09. The first kappa shape index (κ1) is 19.3. The molecule has 0 atom stereocenters. The average molecular weight is 356 g/mol. The van der Waals surface area contributed by atoms with Crippen LogP contribution < -0.4 is 20.3 Å². The van der Waals surface area contributed by atoms with E-state index in [1.807, 2.05) is 39.0 Å². The number of amides is 2. The predicted octanol–water partition coefficient (Wildman–Crippen LogP) is 2.87. The Morgan fingerprint density at radius 2 is 1.77 bits per heavy atom. The zero-order chi connectivity index (χ0) is 18.9. The monoisotopic (exact) mass is 356 g/mol. The lowest BCUT2D eigenvalue weighted by molar-refractivity contribution is -0.123. The Balaban J connectivity index is 1.81. The molecule has 6 heteroatoms. The molecule has 2 aromatic carbocycles. The molecule has 0 bridgehead atoms. The van der Waals surface area contributed by atoms with E-state index in [9.17, 15) is 9.59 Å². The quantitative estimate of drug-likeness (QED) is 0.748. The molecule has 0 aliphatic rings. The number of carbonyl (C=O) groups is 2. The standard InChI is InChI=1S/C20H24N2O4/c1-14(2)12-25-17-9-6-8-16(11-17)20(24)22-21-19(23)13-26-18-10-5-4-7-15(18)3/h4-11,14H,12-13H2,1-3H3,(H,21,23)(H,22,24). The van der Waals surface area contributed by atoms with Crippen LogP contribution in [0.5, 0.6) is 11.5 Å². The number of hydrogen-bond acceptors (Lipinski definition) is 4. The van der Waals surface area contributed by atoms with Gasteiger partial charge in [0.25, 0.3) is 11.8 Å². The van der Waals surface area contributed by atoms with Crippen LogP contribution in [0.4, 0.5) is 0 Å². The Kier molecular flexibility index (Phi) is 7.02. The average Bonchev–Trinajstić information content (AvgIpc) is 2.64. The molecule has 0 unspecified atom stereocenters.